The molecule has 0 radical (unpaired) electrons. The quantitative estimate of drug-likeness (QED) is 0.680. The van der Waals surface area contributed by atoms with Crippen LogP contribution in [-0.2, 0) is 0 Å². The van der Waals surface area contributed by atoms with Gasteiger partial charge in [-0.1, -0.05) is 30.3 Å². The van der Waals surface area contributed by atoms with E-state index < -0.39 is 0 Å². The molecular weight excluding hydrogens is 338 g/mol. The number of rotatable bonds is 7. The van der Waals surface area contributed by atoms with Crippen molar-refractivity contribution < 1.29 is 9.47 Å². The zero-order valence-corrected chi connectivity index (χ0v) is 15.6. The predicted octanol–water partition coefficient (Wildman–Crippen LogP) is 4.30. The van der Waals surface area contributed by atoms with Crippen LogP contribution in [0.4, 0.5) is 0 Å². The van der Waals surface area contributed by atoms with Crippen LogP contribution in [0.5, 0.6) is 11.5 Å². The number of ether oxygens (including phenoxy) is 2. The Balaban J connectivity index is 1.47. The smallest absolute Gasteiger partial charge is 0.119 e. The van der Waals surface area contributed by atoms with Crippen LogP contribution in [0.25, 0.3) is 11.1 Å². The number of hydrogen-bond acceptors (Lipinski definition) is 4. The SMILES string of the molecule is COc1cccc(-c2cn[nH]c2C2CCCN2CCOc2ccccc2)c1. The monoisotopic (exact) mass is 363 g/mol. The maximum absolute atomic E-state index is 5.89. The molecule has 0 bridgehead atoms. The molecule has 140 valence electrons. The lowest BCUT2D eigenvalue weighted by atomic mass is 10.0. The summed E-state index contributed by atoms with van der Waals surface area (Å²) in [5, 5.41) is 7.59. The molecule has 5 nitrogen and oxygen atoms in total. The van der Waals surface area contributed by atoms with Crippen molar-refractivity contribution in [3.8, 4) is 22.6 Å². The van der Waals surface area contributed by atoms with Crippen molar-refractivity contribution in [2.75, 3.05) is 26.8 Å². The number of H-pyrrole nitrogens is 1. The van der Waals surface area contributed by atoms with Gasteiger partial charge in [-0.05, 0) is 49.2 Å². The van der Waals surface area contributed by atoms with E-state index in [1.807, 2.05) is 48.7 Å². The summed E-state index contributed by atoms with van der Waals surface area (Å²) in [6.07, 6.45) is 4.23. The van der Waals surface area contributed by atoms with Gasteiger partial charge in [0, 0.05) is 12.1 Å². The molecule has 0 aliphatic carbocycles. The average molecular weight is 363 g/mol. The third-order valence-electron chi connectivity index (χ3n) is 5.14. The van der Waals surface area contributed by atoms with Crippen molar-refractivity contribution in [1.29, 1.82) is 0 Å². The fourth-order valence-corrected chi connectivity index (χ4v) is 3.79. The fourth-order valence-electron chi connectivity index (χ4n) is 3.79. The number of nitrogens with one attached hydrogen (secondary N) is 1. The van der Waals surface area contributed by atoms with Gasteiger partial charge in [-0.25, -0.2) is 0 Å². The molecule has 1 saturated heterocycles. The molecule has 2 aromatic carbocycles. The minimum Gasteiger partial charge on any atom is -0.497 e. The van der Waals surface area contributed by atoms with Gasteiger partial charge in [-0.15, -0.1) is 0 Å². The van der Waals surface area contributed by atoms with E-state index in [-0.39, 0.29) is 0 Å². The highest BCUT2D eigenvalue weighted by molar-refractivity contribution is 5.67. The third kappa shape index (κ3) is 3.98. The molecular formula is C22H25N3O2. The van der Waals surface area contributed by atoms with Crippen LogP contribution in [0.2, 0.25) is 0 Å². The van der Waals surface area contributed by atoms with Crippen molar-refractivity contribution in [2.45, 2.75) is 18.9 Å². The zero-order valence-electron chi connectivity index (χ0n) is 15.6. The van der Waals surface area contributed by atoms with E-state index in [9.17, 15) is 0 Å². The number of aromatic amines is 1. The molecule has 0 amide bonds. The Morgan fingerprint density at radius 1 is 1.11 bits per heavy atom. The van der Waals surface area contributed by atoms with Crippen molar-refractivity contribution in [1.82, 2.24) is 15.1 Å². The molecule has 1 atom stereocenters. The molecule has 1 aromatic heterocycles. The molecule has 1 fully saturated rings. The first kappa shape index (κ1) is 17.6. The Hall–Kier alpha value is -2.79. The second-order valence-electron chi connectivity index (χ2n) is 6.78. The van der Waals surface area contributed by atoms with Crippen LogP contribution < -0.4 is 9.47 Å². The van der Waals surface area contributed by atoms with Gasteiger partial charge >= 0.3 is 0 Å². The number of likely N-dealkylation sites (tertiary alicyclic amines) is 1. The standard InChI is InChI=1S/C22H25N3O2/c1-26-19-10-5-7-17(15-19)20-16-23-24-22(20)21-11-6-12-25(21)13-14-27-18-8-3-2-4-9-18/h2-5,7-10,15-16,21H,6,11-14H2,1H3,(H,23,24). The van der Waals surface area contributed by atoms with E-state index in [0.29, 0.717) is 12.6 Å². The Kier molecular flexibility index (Phi) is 5.39. The molecule has 0 spiro atoms. The van der Waals surface area contributed by atoms with Gasteiger partial charge < -0.3 is 9.47 Å². The number of nitrogens with zero attached hydrogens (tertiary/aromatic N) is 2. The summed E-state index contributed by atoms with van der Waals surface area (Å²) in [6, 6.07) is 18.5. The number of hydrogen-bond donors (Lipinski definition) is 1. The Morgan fingerprint density at radius 2 is 1.96 bits per heavy atom. The maximum atomic E-state index is 5.89. The fraction of sp³-hybridized carbons (Fsp3) is 0.318. The second-order valence-corrected chi connectivity index (χ2v) is 6.78. The van der Waals surface area contributed by atoms with E-state index in [1.54, 1.807) is 7.11 Å². The predicted molar refractivity (Wildman–Crippen MR) is 106 cm³/mol. The van der Waals surface area contributed by atoms with Crippen LogP contribution in [0, 0.1) is 0 Å². The van der Waals surface area contributed by atoms with E-state index >= 15 is 0 Å². The van der Waals surface area contributed by atoms with E-state index in [1.165, 1.54) is 12.1 Å². The van der Waals surface area contributed by atoms with Crippen LogP contribution in [0.1, 0.15) is 24.6 Å². The Bertz CT molecular complexity index is 863. The summed E-state index contributed by atoms with van der Waals surface area (Å²) >= 11 is 0. The molecule has 2 heterocycles. The summed E-state index contributed by atoms with van der Waals surface area (Å²) < 4.78 is 11.3. The van der Waals surface area contributed by atoms with Gasteiger partial charge in [0.05, 0.1) is 25.0 Å². The largest absolute Gasteiger partial charge is 0.497 e. The van der Waals surface area contributed by atoms with Gasteiger partial charge in [0.2, 0.25) is 0 Å². The van der Waals surface area contributed by atoms with Gasteiger partial charge in [-0.2, -0.15) is 5.10 Å². The minimum atomic E-state index is 0.341. The highest BCUT2D eigenvalue weighted by Gasteiger charge is 2.29. The number of aromatic nitrogens is 2. The average Bonchev–Trinajstić information content (AvgIpc) is 3.38. The lowest BCUT2D eigenvalue weighted by Gasteiger charge is -2.24. The van der Waals surface area contributed by atoms with Crippen LogP contribution in [0.3, 0.4) is 0 Å². The lowest BCUT2D eigenvalue weighted by Crippen LogP contribution is -2.28. The number of benzene rings is 2. The van der Waals surface area contributed by atoms with Crippen molar-refractivity contribution in [2.24, 2.45) is 0 Å². The molecule has 1 unspecified atom stereocenters. The van der Waals surface area contributed by atoms with Gasteiger partial charge in [0.1, 0.15) is 18.1 Å². The summed E-state index contributed by atoms with van der Waals surface area (Å²) in [5.74, 6) is 1.78. The number of para-hydroxylation sites is 1. The first-order chi connectivity index (χ1) is 13.3. The first-order valence-electron chi connectivity index (χ1n) is 9.45. The van der Waals surface area contributed by atoms with Crippen LogP contribution in [0.15, 0.2) is 60.8 Å². The summed E-state index contributed by atoms with van der Waals surface area (Å²) in [5.41, 5.74) is 3.46. The summed E-state index contributed by atoms with van der Waals surface area (Å²) in [6.45, 7) is 2.67. The normalized spacial score (nSPS) is 17.1. The molecule has 3 aromatic rings. The molecule has 0 saturated carbocycles. The molecule has 27 heavy (non-hydrogen) atoms. The Labute approximate surface area is 159 Å². The van der Waals surface area contributed by atoms with E-state index in [0.717, 1.165) is 42.1 Å². The van der Waals surface area contributed by atoms with Gasteiger partial charge in [-0.3, -0.25) is 10.00 Å². The number of methoxy groups -OCH3 is 1. The molecule has 1 aliphatic rings. The third-order valence-corrected chi connectivity index (χ3v) is 5.14. The lowest BCUT2D eigenvalue weighted by molar-refractivity contribution is 0.195. The molecule has 5 heteroatoms. The van der Waals surface area contributed by atoms with Crippen molar-refractivity contribution >= 4 is 0 Å². The van der Waals surface area contributed by atoms with Crippen LogP contribution in [-0.4, -0.2) is 41.9 Å². The summed E-state index contributed by atoms with van der Waals surface area (Å²) in [4.78, 5) is 2.49. The first-order valence-corrected chi connectivity index (χ1v) is 9.45. The van der Waals surface area contributed by atoms with E-state index in [2.05, 4.69) is 27.2 Å². The maximum Gasteiger partial charge on any atom is 0.119 e. The Morgan fingerprint density at radius 3 is 2.81 bits per heavy atom. The van der Waals surface area contributed by atoms with E-state index in [4.69, 9.17) is 9.47 Å². The van der Waals surface area contributed by atoms with Crippen molar-refractivity contribution in [3.05, 3.63) is 66.5 Å². The zero-order chi connectivity index (χ0) is 18.5. The topological polar surface area (TPSA) is 50.4 Å². The second kappa shape index (κ2) is 8.27. The van der Waals surface area contributed by atoms with Gasteiger partial charge in [0.25, 0.3) is 0 Å². The molecule has 4 rings (SSSR count). The highest BCUT2D eigenvalue weighted by Crippen LogP contribution is 2.36. The van der Waals surface area contributed by atoms with Crippen molar-refractivity contribution in [3.63, 3.8) is 0 Å². The minimum absolute atomic E-state index is 0.341. The van der Waals surface area contributed by atoms with Gasteiger partial charge in [0.15, 0.2) is 0 Å². The van der Waals surface area contributed by atoms with Crippen LogP contribution >= 0.6 is 0 Å². The molecule has 1 N–H and O–H groups in total. The molecule has 1 aliphatic heterocycles. The summed E-state index contributed by atoms with van der Waals surface area (Å²) in [7, 11) is 1.70. The highest BCUT2D eigenvalue weighted by atomic mass is 16.5.